The van der Waals surface area contributed by atoms with Gasteiger partial charge in [0.2, 0.25) is 5.91 Å². The van der Waals surface area contributed by atoms with Crippen molar-refractivity contribution in [3.8, 4) is 0 Å². The van der Waals surface area contributed by atoms with Gasteiger partial charge in [0.25, 0.3) is 0 Å². The highest BCUT2D eigenvalue weighted by Crippen LogP contribution is 2.26. The van der Waals surface area contributed by atoms with Crippen LogP contribution in [0.2, 0.25) is 0 Å². The predicted octanol–water partition coefficient (Wildman–Crippen LogP) is 2.53. The Balaban J connectivity index is 2.11. The highest BCUT2D eigenvalue weighted by molar-refractivity contribution is 5.79. The third kappa shape index (κ3) is 3.38. The summed E-state index contributed by atoms with van der Waals surface area (Å²) in [7, 11) is 0. The smallest absolute Gasteiger partial charge is 0.227 e. The summed E-state index contributed by atoms with van der Waals surface area (Å²) in [5.74, 6) is 0.853. The van der Waals surface area contributed by atoms with Gasteiger partial charge in [0.1, 0.15) is 5.76 Å². The molecule has 106 valence electrons. The van der Waals surface area contributed by atoms with Gasteiger partial charge in [0, 0.05) is 12.1 Å². The maximum absolute atomic E-state index is 12.6. The molecular weight excluding hydrogens is 240 g/mol. The molecule has 0 radical (unpaired) electrons. The Labute approximate surface area is 114 Å². The van der Waals surface area contributed by atoms with E-state index in [4.69, 9.17) is 10.2 Å². The van der Waals surface area contributed by atoms with E-state index in [1.165, 1.54) is 12.8 Å². The predicted molar refractivity (Wildman–Crippen MR) is 74.3 cm³/mol. The second kappa shape index (κ2) is 6.24. The van der Waals surface area contributed by atoms with Crippen molar-refractivity contribution < 1.29 is 9.21 Å². The Bertz CT molecular complexity index is 394. The Morgan fingerprint density at radius 3 is 2.68 bits per heavy atom. The lowest BCUT2D eigenvalue weighted by Gasteiger charge is -2.31. The maximum Gasteiger partial charge on any atom is 0.227 e. The van der Waals surface area contributed by atoms with E-state index in [2.05, 4.69) is 0 Å². The lowest BCUT2D eigenvalue weighted by molar-refractivity contribution is -0.138. The summed E-state index contributed by atoms with van der Waals surface area (Å²) in [6, 6.07) is 4.01. The number of furan rings is 1. The normalized spacial score (nSPS) is 19.3. The molecule has 2 unspecified atom stereocenters. The quantitative estimate of drug-likeness (QED) is 0.889. The first-order chi connectivity index (χ1) is 9.09. The summed E-state index contributed by atoms with van der Waals surface area (Å²) in [6.45, 7) is 4.37. The number of rotatable bonds is 5. The van der Waals surface area contributed by atoms with Crippen molar-refractivity contribution in [1.82, 2.24) is 4.90 Å². The van der Waals surface area contributed by atoms with Crippen molar-refractivity contribution in [2.75, 3.05) is 0 Å². The topological polar surface area (TPSA) is 59.5 Å². The van der Waals surface area contributed by atoms with Crippen molar-refractivity contribution in [1.29, 1.82) is 0 Å². The fraction of sp³-hybridized carbons (Fsp3) is 0.667. The molecule has 0 aliphatic heterocycles. The van der Waals surface area contributed by atoms with Gasteiger partial charge in [0.15, 0.2) is 0 Å². The van der Waals surface area contributed by atoms with Crippen molar-refractivity contribution in [2.24, 2.45) is 11.7 Å². The van der Waals surface area contributed by atoms with E-state index in [9.17, 15) is 4.79 Å². The van der Waals surface area contributed by atoms with E-state index in [-0.39, 0.29) is 17.9 Å². The van der Waals surface area contributed by atoms with Crippen LogP contribution in [0.4, 0.5) is 0 Å². The minimum Gasteiger partial charge on any atom is -0.467 e. The second-order valence-electron chi connectivity index (χ2n) is 5.63. The molecule has 4 heteroatoms. The molecule has 1 amide bonds. The van der Waals surface area contributed by atoms with Gasteiger partial charge in [-0.05, 0) is 31.9 Å². The molecule has 2 rings (SSSR count). The number of nitrogens with two attached hydrogens (primary N) is 1. The van der Waals surface area contributed by atoms with Crippen molar-refractivity contribution in [3.05, 3.63) is 24.2 Å². The van der Waals surface area contributed by atoms with Crippen LogP contribution < -0.4 is 5.73 Å². The SMILES string of the molecule is CC(N)C(C)C(=O)N(Cc1ccco1)C1CCCC1. The summed E-state index contributed by atoms with van der Waals surface area (Å²) in [5, 5.41) is 0. The van der Waals surface area contributed by atoms with Crippen LogP contribution in [-0.4, -0.2) is 22.9 Å². The Kier molecular flexibility index (Phi) is 4.64. The number of amides is 1. The molecule has 1 aromatic heterocycles. The molecular formula is C15H24N2O2. The van der Waals surface area contributed by atoms with E-state index in [1.807, 2.05) is 30.9 Å². The molecule has 1 saturated carbocycles. The fourth-order valence-electron chi connectivity index (χ4n) is 2.66. The lowest BCUT2D eigenvalue weighted by Crippen LogP contribution is -2.45. The maximum atomic E-state index is 12.6. The van der Waals surface area contributed by atoms with Crippen LogP contribution in [0, 0.1) is 5.92 Å². The van der Waals surface area contributed by atoms with Crippen LogP contribution in [-0.2, 0) is 11.3 Å². The molecule has 0 spiro atoms. The third-order valence-corrected chi connectivity index (χ3v) is 4.13. The van der Waals surface area contributed by atoms with Gasteiger partial charge in [-0.3, -0.25) is 4.79 Å². The lowest BCUT2D eigenvalue weighted by atomic mass is 10.0. The van der Waals surface area contributed by atoms with Gasteiger partial charge in [-0.2, -0.15) is 0 Å². The molecule has 1 aliphatic carbocycles. The van der Waals surface area contributed by atoms with Gasteiger partial charge in [0.05, 0.1) is 18.7 Å². The number of carbonyl (C=O) groups is 1. The van der Waals surface area contributed by atoms with Gasteiger partial charge in [-0.15, -0.1) is 0 Å². The number of nitrogens with zero attached hydrogens (tertiary/aromatic N) is 1. The van der Waals surface area contributed by atoms with Gasteiger partial charge >= 0.3 is 0 Å². The standard InChI is InChI=1S/C15H24N2O2/c1-11(12(2)16)15(18)17(13-6-3-4-7-13)10-14-8-5-9-19-14/h5,8-9,11-13H,3-4,6-7,10,16H2,1-2H3. The van der Waals surface area contributed by atoms with Gasteiger partial charge in [-0.1, -0.05) is 19.8 Å². The van der Waals surface area contributed by atoms with Crippen LogP contribution in [0.3, 0.4) is 0 Å². The molecule has 0 aromatic carbocycles. The first-order valence-corrected chi connectivity index (χ1v) is 7.18. The molecule has 2 N–H and O–H groups in total. The second-order valence-corrected chi connectivity index (χ2v) is 5.63. The molecule has 0 saturated heterocycles. The van der Waals surface area contributed by atoms with Gasteiger partial charge < -0.3 is 15.1 Å². The summed E-state index contributed by atoms with van der Waals surface area (Å²) in [4.78, 5) is 14.6. The van der Waals surface area contributed by atoms with Crippen LogP contribution in [0.1, 0.15) is 45.3 Å². The zero-order valence-corrected chi connectivity index (χ0v) is 11.8. The van der Waals surface area contributed by atoms with Crippen LogP contribution >= 0.6 is 0 Å². The first-order valence-electron chi connectivity index (χ1n) is 7.18. The van der Waals surface area contributed by atoms with Crippen molar-refractivity contribution in [2.45, 2.75) is 58.2 Å². The summed E-state index contributed by atoms with van der Waals surface area (Å²) < 4.78 is 5.39. The minimum atomic E-state index is -0.143. The Hall–Kier alpha value is -1.29. The molecule has 1 heterocycles. The van der Waals surface area contributed by atoms with Crippen LogP contribution in [0.25, 0.3) is 0 Å². The van der Waals surface area contributed by atoms with E-state index < -0.39 is 0 Å². The monoisotopic (exact) mass is 264 g/mol. The molecule has 1 aliphatic rings. The summed E-state index contributed by atoms with van der Waals surface area (Å²) in [5.41, 5.74) is 5.88. The van der Waals surface area contributed by atoms with Crippen molar-refractivity contribution >= 4 is 5.91 Å². The minimum absolute atomic E-state index is 0.118. The summed E-state index contributed by atoms with van der Waals surface area (Å²) in [6.07, 6.45) is 6.26. The largest absolute Gasteiger partial charge is 0.467 e. The average molecular weight is 264 g/mol. The molecule has 2 atom stereocenters. The fourth-order valence-corrected chi connectivity index (χ4v) is 2.66. The van der Waals surface area contributed by atoms with E-state index in [0.717, 1.165) is 18.6 Å². The van der Waals surface area contributed by atoms with Crippen molar-refractivity contribution in [3.63, 3.8) is 0 Å². The number of carbonyl (C=O) groups excluding carboxylic acids is 1. The Morgan fingerprint density at radius 1 is 1.47 bits per heavy atom. The van der Waals surface area contributed by atoms with E-state index in [0.29, 0.717) is 12.6 Å². The van der Waals surface area contributed by atoms with Gasteiger partial charge in [-0.25, -0.2) is 0 Å². The van der Waals surface area contributed by atoms with E-state index in [1.54, 1.807) is 6.26 Å². The highest BCUT2D eigenvalue weighted by Gasteiger charge is 2.31. The summed E-state index contributed by atoms with van der Waals surface area (Å²) >= 11 is 0. The zero-order valence-electron chi connectivity index (χ0n) is 11.8. The number of hydrogen-bond donors (Lipinski definition) is 1. The molecule has 19 heavy (non-hydrogen) atoms. The third-order valence-electron chi connectivity index (χ3n) is 4.13. The highest BCUT2D eigenvalue weighted by atomic mass is 16.3. The van der Waals surface area contributed by atoms with E-state index >= 15 is 0 Å². The number of hydrogen-bond acceptors (Lipinski definition) is 3. The average Bonchev–Trinajstić information content (AvgIpc) is 3.06. The molecule has 4 nitrogen and oxygen atoms in total. The van der Waals surface area contributed by atoms with Crippen LogP contribution in [0.5, 0.6) is 0 Å². The molecule has 1 aromatic rings. The molecule has 1 fully saturated rings. The zero-order chi connectivity index (χ0) is 13.8. The Morgan fingerprint density at radius 2 is 2.16 bits per heavy atom. The van der Waals surface area contributed by atoms with Crippen LogP contribution in [0.15, 0.2) is 22.8 Å². The molecule has 0 bridgehead atoms. The first kappa shape index (κ1) is 14.1.